The molecule has 4 heterocycles. The third-order valence-corrected chi connectivity index (χ3v) is 13.5. The van der Waals surface area contributed by atoms with Crippen LogP contribution in [0.1, 0.15) is 80.9 Å². The van der Waals surface area contributed by atoms with Crippen LogP contribution in [-0.2, 0) is 18.3 Å². The van der Waals surface area contributed by atoms with Gasteiger partial charge in [0, 0.05) is 27.0 Å². The molecule has 3 N–H and O–H groups in total. The Morgan fingerprint density at radius 2 is 1.95 bits per heavy atom. The van der Waals surface area contributed by atoms with Crippen molar-refractivity contribution in [1.82, 2.24) is 20.0 Å². The number of carbonyl (C=O) groups excluding carboxylic acids is 1. The van der Waals surface area contributed by atoms with Gasteiger partial charge in [-0.2, -0.15) is 10.2 Å². The number of unbranched alkanes of at least 4 members (excludes halogenated alkanes) is 2. The van der Waals surface area contributed by atoms with E-state index in [1.165, 1.54) is 10.9 Å². The first-order valence-electron chi connectivity index (χ1n) is 14.6. The van der Waals surface area contributed by atoms with Crippen molar-refractivity contribution in [2.24, 2.45) is 0 Å². The van der Waals surface area contributed by atoms with Gasteiger partial charge in [0.15, 0.2) is 6.23 Å². The lowest BCUT2D eigenvalue weighted by molar-refractivity contribution is -0.0994. The van der Waals surface area contributed by atoms with Crippen LogP contribution in [0.5, 0.6) is 0 Å². The van der Waals surface area contributed by atoms with Gasteiger partial charge < -0.3 is 23.4 Å². The third kappa shape index (κ3) is 5.04. The Bertz CT molecular complexity index is 1520. The molecule has 5 rings (SSSR count). The highest BCUT2D eigenvalue weighted by Gasteiger charge is 2.67. The number of hydrogen-bond donors (Lipinski definition) is 3. The summed E-state index contributed by atoms with van der Waals surface area (Å²) >= 11 is 0. The van der Waals surface area contributed by atoms with Crippen LogP contribution in [0.25, 0.3) is 21.7 Å². The minimum Gasteiger partial charge on any atom is -0.449 e. The number of hydrogen-bond acceptors (Lipinski definition) is 9. The van der Waals surface area contributed by atoms with Gasteiger partial charge in [0.1, 0.15) is 23.3 Å². The zero-order valence-electron chi connectivity index (χ0n) is 25.7. The van der Waals surface area contributed by atoms with Gasteiger partial charge in [-0.15, -0.1) is 0 Å². The fourth-order valence-corrected chi connectivity index (χ4v) is 11.6. The summed E-state index contributed by atoms with van der Waals surface area (Å²) in [6.07, 6.45) is 3.08. The normalized spacial score (nSPS) is 26.0. The predicted octanol–water partition coefficient (Wildman–Crippen LogP) is 5.12. The van der Waals surface area contributed by atoms with Crippen molar-refractivity contribution in [3.63, 3.8) is 0 Å². The van der Waals surface area contributed by atoms with Crippen LogP contribution in [0.4, 0.5) is 10.5 Å². The van der Waals surface area contributed by atoms with Gasteiger partial charge >= 0.3 is 14.7 Å². The summed E-state index contributed by atoms with van der Waals surface area (Å²) in [6, 6.07) is 1.58. The molecule has 2 fully saturated rings. The lowest BCUT2D eigenvalue weighted by atomic mass is 9.97. The number of H-pyrrole nitrogens is 1. The molecule has 1 aromatic carbocycles. The molecule has 4 unspecified atom stereocenters. The Kier molecular flexibility index (Phi) is 7.80. The maximum absolute atomic E-state index is 12.8. The first-order valence-corrected chi connectivity index (χ1v) is 16.4. The molecule has 0 aliphatic carbocycles. The van der Waals surface area contributed by atoms with Crippen molar-refractivity contribution in [2.75, 3.05) is 18.5 Å². The zero-order chi connectivity index (χ0) is 30.7. The van der Waals surface area contributed by atoms with E-state index in [2.05, 4.69) is 64.0 Å². The minimum absolute atomic E-state index is 0.273. The second-order valence-electron chi connectivity index (χ2n) is 13.6. The number of nitrogens with zero attached hydrogens (tertiary/aromatic N) is 3. The molecule has 0 radical (unpaired) electrons. The summed E-state index contributed by atoms with van der Waals surface area (Å²) < 4.78 is 26.7. The SMILES string of the molecule is CCCCCOC(=O)Nc1cc2c(=O)[nH]ncc3nn(C4OC5CO[Si](C(C)(C)C)(C(C)(C)C)OC5C4(C)O)cc1c32. The van der Waals surface area contributed by atoms with E-state index in [-0.39, 0.29) is 16.7 Å². The quantitative estimate of drug-likeness (QED) is 0.258. The molecule has 0 spiro atoms. The first-order chi connectivity index (χ1) is 19.6. The van der Waals surface area contributed by atoms with Gasteiger partial charge in [-0.25, -0.2) is 14.6 Å². The van der Waals surface area contributed by atoms with E-state index >= 15 is 0 Å². The van der Waals surface area contributed by atoms with E-state index in [1.807, 2.05) is 0 Å². The number of aliphatic hydroxyl groups is 1. The number of nitrogens with one attached hydrogen (secondary N) is 2. The Morgan fingerprint density at radius 1 is 1.24 bits per heavy atom. The molecular weight excluding hydrogens is 558 g/mol. The van der Waals surface area contributed by atoms with E-state index in [9.17, 15) is 14.7 Å². The van der Waals surface area contributed by atoms with E-state index in [0.717, 1.165) is 19.3 Å². The van der Waals surface area contributed by atoms with Gasteiger partial charge in [-0.1, -0.05) is 61.3 Å². The van der Waals surface area contributed by atoms with Crippen LogP contribution in [0, 0.1) is 0 Å². The van der Waals surface area contributed by atoms with E-state index < -0.39 is 44.3 Å². The molecule has 2 saturated heterocycles. The summed E-state index contributed by atoms with van der Waals surface area (Å²) in [4.78, 5) is 25.4. The van der Waals surface area contributed by atoms with Gasteiger partial charge in [0.2, 0.25) is 0 Å². The van der Waals surface area contributed by atoms with Crippen LogP contribution in [0.15, 0.2) is 23.3 Å². The van der Waals surface area contributed by atoms with Crippen molar-refractivity contribution in [3.8, 4) is 0 Å². The summed E-state index contributed by atoms with van der Waals surface area (Å²) in [5, 5.41) is 26.8. The standard InChI is InChI=1S/C29H43N5O7Si/c1-9-10-11-12-38-26(36)31-19-13-17-22-18(19)15-34(33-20(22)14-30-32-24(17)35)25-29(8,37)23-21(40-25)16-39-42(41-23,27(2,3)4)28(5,6)7/h13-15,21,23,25,37H,9-12,16H2,1-8H3,(H,31,36)(H,32,35). The van der Waals surface area contributed by atoms with Crippen molar-refractivity contribution < 1.29 is 28.2 Å². The van der Waals surface area contributed by atoms with Crippen LogP contribution in [0.3, 0.4) is 0 Å². The smallest absolute Gasteiger partial charge is 0.411 e. The Balaban J connectivity index is 1.54. The lowest BCUT2D eigenvalue weighted by Crippen LogP contribution is -2.66. The molecule has 2 aromatic heterocycles. The van der Waals surface area contributed by atoms with Crippen LogP contribution >= 0.6 is 0 Å². The summed E-state index contributed by atoms with van der Waals surface area (Å²) in [6.45, 7) is 17.1. The second kappa shape index (κ2) is 10.7. The minimum atomic E-state index is -2.90. The Hall–Kier alpha value is -2.84. The predicted molar refractivity (Wildman–Crippen MR) is 161 cm³/mol. The van der Waals surface area contributed by atoms with Crippen LogP contribution in [-0.4, -0.2) is 70.8 Å². The average Bonchev–Trinajstić information content (AvgIpc) is 3.33. The molecule has 13 heteroatoms. The molecule has 4 atom stereocenters. The maximum Gasteiger partial charge on any atom is 0.411 e. The topological polar surface area (TPSA) is 150 Å². The van der Waals surface area contributed by atoms with Gasteiger partial charge in [-0.3, -0.25) is 10.1 Å². The molecule has 230 valence electrons. The van der Waals surface area contributed by atoms with Gasteiger partial charge in [0.05, 0.1) is 30.5 Å². The Morgan fingerprint density at radius 3 is 2.62 bits per heavy atom. The van der Waals surface area contributed by atoms with Crippen LogP contribution in [0.2, 0.25) is 10.1 Å². The highest BCUT2D eigenvalue weighted by Crippen LogP contribution is 2.57. The molecule has 12 nitrogen and oxygen atoms in total. The fraction of sp³-hybridized carbons (Fsp3) is 0.655. The first kappa shape index (κ1) is 30.6. The maximum atomic E-state index is 12.8. The number of carbonyl (C=O) groups is 1. The Labute approximate surface area is 246 Å². The number of aromatic amines is 1. The zero-order valence-corrected chi connectivity index (χ0v) is 26.7. The molecule has 0 saturated carbocycles. The molecule has 3 aromatic rings. The number of aromatic nitrogens is 4. The molecule has 0 bridgehead atoms. The van der Waals surface area contributed by atoms with Crippen molar-refractivity contribution in [3.05, 3.63) is 28.8 Å². The average molecular weight is 602 g/mol. The lowest BCUT2D eigenvalue weighted by Gasteiger charge is -2.54. The van der Waals surface area contributed by atoms with E-state index in [4.69, 9.17) is 23.4 Å². The largest absolute Gasteiger partial charge is 0.449 e. The number of fused-ring (bicyclic) bond motifs is 1. The monoisotopic (exact) mass is 601 g/mol. The number of rotatable bonds is 6. The fourth-order valence-electron chi connectivity index (χ4n) is 6.56. The summed E-state index contributed by atoms with van der Waals surface area (Å²) in [5.74, 6) is 0. The summed E-state index contributed by atoms with van der Waals surface area (Å²) in [7, 11) is -2.90. The van der Waals surface area contributed by atoms with Gasteiger partial charge in [0.25, 0.3) is 5.56 Å². The molecular formula is C29H43N5O7Si. The number of amides is 1. The highest BCUT2D eigenvalue weighted by atomic mass is 28.4. The highest BCUT2D eigenvalue weighted by molar-refractivity contribution is 6.73. The number of ether oxygens (including phenoxy) is 2. The second-order valence-corrected chi connectivity index (χ2v) is 18.4. The van der Waals surface area contributed by atoms with Gasteiger partial charge in [-0.05, 0) is 19.4 Å². The molecule has 42 heavy (non-hydrogen) atoms. The van der Waals surface area contributed by atoms with Crippen LogP contribution < -0.4 is 10.9 Å². The van der Waals surface area contributed by atoms with Crippen molar-refractivity contribution in [2.45, 2.75) is 109 Å². The summed E-state index contributed by atoms with van der Waals surface area (Å²) in [5.41, 5.74) is -1.15. The van der Waals surface area contributed by atoms with Crippen molar-refractivity contribution in [1.29, 1.82) is 0 Å². The third-order valence-electron chi connectivity index (χ3n) is 8.35. The van der Waals surface area contributed by atoms with E-state index in [1.54, 1.807) is 19.2 Å². The molecule has 2 aliphatic rings. The van der Waals surface area contributed by atoms with E-state index in [0.29, 0.717) is 34.0 Å². The number of anilines is 1. The van der Waals surface area contributed by atoms with Crippen molar-refractivity contribution >= 4 is 42.0 Å². The molecule has 2 aliphatic heterocycles. The molecule has 1 amide bonds.